The lowest BCUT2D eigenvalue weighted by atomic mass is 10.1. The molecule has 5 nitrogen and oxygen atoms in total. The molecule has 0 fully saturated rings. The van der Waals surface area contributed by atoms with Crippen LogP contribution in [0.2, 0.25) is 0 Å². The second-order valence-corrected chi connectivity index (χ2v) is 5.49. The maximum absolute atomic E-state index is 12.5. The highest BCUT2D eigenvalue weighted by Crippen LogP contribution is 2.30. The summed E-state index contributed by atoms with van der Waals surface area (Å²) in [6, 6.07) is 9.89. The van der Waals surface area contributed by atoms with Crippen LogP contribution in [0.15, 0.2) is 42.5 Å². The van der Waals surface area contributed by atoms with Gasteiger partial charge in [0, 0.05) is 11.1 Å². The molecular weight excluding hydrogens is 341 g/mol. The zero-order valence-electron chi connectivity index (χ0n) is 11.4. The van der Waals surface area contributed by atoms with Crippen LogP contribution >= 0.6 is 23.2 Å². The maximum Gasteiger partial charge on any atom is 0.266 e. The van der Waals surface area contributed by atoms with Gasteiger partial charge in [-0.05, 0) is 59.6 Å². The summed E-state index contributed by atoms with van der Waals surface area (Å²) in [5, 5.41) is -1.42. The minimum atomic E-state index is -0.721. The predicted molar refractivity (Wildman–Crippen MR) is 84.4 cm³/mol. The fourth-order valence-electron chi connectivity index (χ4n) is 2.36. The fourth-order valence-corrected chi connectivity index (χ4v) is 2.60. The molecule has 0 atom stereocenters. The molecule has 2 amide bonds. The molecule has 7 heteroatoms. The van der Waals surface area contributed by atoms with Gasteiger partial charge in [-0.25, -0.2) is 4.90 Å². The van der Waals surface area contributed by atoms with E-state index in [9.17, 15) is 19.2 Å². The minimum Gasteiger partial charge on any atom is -0.276 e. The van der Waals surface area contributed by atoms with Crippen molar-refractivity contribution >= 4 is 51.2 Å². The molecule has 2 aromatic rings. The third-order valence-corrected chi connectivity index (χ3v) is 3.88. The quantitative estimate of drug-likeness (QED) is 0.631. The molecule has 0 saturated heterocycles. The van der Waals surface area contributed by atoms with Gasteiger partial charge >= 0.3 is 0 Å². The maximum atomic E-state index is 12.5. The van der Waals surface area contributed by atoms with Gasteiger partial charge in [0.25, 0.3) is 22.3 Å². The molecule has 0 N–H and O–H groups in total. The van der Waals surface area contributed by atoms with Crippen molar-refractivity contribution < 1.29 is 19.2 Å². The van der Waals surface area contributed by atoms with Gasteiger partial charge in [0.2, 0.25) is 0 Å². The molecule has 0 spiro atoms. The van der Waals surface area contributed by atoms with Crippen LogP contribution < -0.4 is 4.90 Å². The molecule has 3 rings (SSSR count). The zero-order valence-corrected chi connectivity index (χ0v) is 12.9. The molecule has 1 aliphatic heterocycles. The molecule has 0 unspecified atom stereocenters. The lowest BCUT2D eigenvalue weighted by molar-refractivity contribution is 0.0924. The van der Waals surface area contributed by atoms with Crippen LogP contribution in [0.1, 0.15) is 41.4 Å². The van der Waals surface area contributed by atoms with Gasteiger partial charge in [-0.3, -0.25) is 19.2 Å². The van der Waals surface area contributed by atoms with Gasteiger partial charge in [0.1, 0.15) is 0 Å². The van der Waals surface area contributed by atoms with Crippen LogP contribution in [0, 0.1) is 0 Å². The van der Waals surface area contributed by atoms with Crippen molar-refractivity contribution in [3.05, 3.63) is 64.7 Å². The molecule has 1 aliphatic rings. The number of rotatable bonds is 3. The number of amides is 2. The van der Waals surface area contributed by atoms with Crippen molar-refractivity contribution in [3.63, 3.8) is 0 Å². The summed E-state index contributed by atoms with van der Waals surface area (Å²) in [5.41, 5.74) is 0.764. The number of imide groups is 1. The van der Waals surface area contributed by atoms with E-state index in [1.165, 1.54) is 42.5 Å². The standard InChI is InChI=1S/C16H7Cl2NO4/c17-13(20)8-2-1-3-10(6-8)19-15(22)11-5-4-9(14(18)21)7-12(11)16(19)23/h1-7H. The van der Waals surface area contributed by atoms with Gasteiger partial charge in [-0.2, -0.15) is 0 Å². The Kier molecular flexibility index (Phi) is 3.75. The first-order chi connectivity index (χ1) is 10.9. The number of anilines is 1. The Hall–Kier alpha value is -2.50. The van der Waals surface area contributed by atoms with Crippen LogP contribution in [-0.4, -0.2) is 22.3 Å². The van der Waals surface area contributed by atoms with Crippen molar-refractivity contribution in [2.75, 3.05) is 4.90 Å². The topological polar surface area (TPSA) is 71.5 Å². The van der Waals surface area contributed by atoms with Gasteiger partial charge in [-0.15, -0.1) is 0 Å². The van der Waals surface area contributed by atoms with Gasteiger partial charge in [-0.1, -0.05) is 6.07 Å². The van der Waals surface area contributed by atoms with E-state index in [0.717, 1.165) is 4.90 Å². The SMILES string of the molecule is O=C(Cl)c1cccc(N2C(=O)c3ccc(C(=O)Cl)cc3C2=O)c1. The first kappa shape index (κ1) is 15.4. The average Bonchev–Trinajstić information content (AvgIpc) is 2.78. The first-order valence-corrected chi connectivity index (χ1v) is 7.18. The summed E-state index contributed by atoms with van der Waals surface area (Å²) >= 11 is 10.8. The van der Waals surface area contributed by atoms with Gasteiger partial charge in [0.15, 0.2) is 0 Å². The molecule has 0 saturated carbocycles. The Balaban J connectivity index is 2.08. The third kappa shape index (κ3) is 2.54. The van der Waals surface area contributed by atoms with E-state index in [1.807, 2.05) is 0 Å². The monoisotopic (exact) mass is 347 g/mol. The van der Waals surface area contributed by atoms with E-state index in [0.29, 0.717) is 0 Å². The highest BCUT2D eigenvalue weighted by molar-refractivity contribution is 6.68. The Morgan fingerprint density at radius 1 is 0.783 bits per heavy atom. The van der Waals surface area contributed by atoms with E-state index >= 15 is 0 Å². The van der Waals surface area contributed by atoms with Crippen LogP contribution in [0.25, 0.3) is 0 Å². The Morgan fingerprint density at radius 3 is 2.04 bits per heavy atom. The Morgan fingerprint density at radius 2 is 1.39 bits per heavy atom. The number of carbonyl (C=O) groups excluding carboxylic acids is 4. The summed E-state index contributed by atoms with van der Waals surface area (Å²) in [6.07, 6.45) is 0. The minimum absolute atomic E-state index is 0.0871. The Bertz CT molecular complexity index is 891. The largest absolute Gasteiger partial charge is 0.276 e. The number of hydrogen-bond acceptors (Lipinski definition) is 4. The lowest BCUT2D eigenvalue weighted by Crippen LogP contribution is -2.29. The molecular formula is C16H7Cl2NO4. The third-order valence-electron chi connectivity index (χ3n) is 3.44. The molecule has 0 aliphatic carbocycles. The van der Waals surface area contributed by atoms with E-state index in [1.54, 1.807) is 0 Å². The molecule has 0 aromatic heterocycles. The summed E-state index contributed by atoms with van der Waals surface area (Å²) in [6.45, 7) is 0. The summed E-state index contributed by atoms with van der Waals surface area (Å²) < 4.78 is 0. The zero-order chi connectivity index (χ0) is 16.7. The van der Waals surface area contributed by atoms with Crippen molar-refractivity contribution in [3.8, 4) is 0 Å². The molecule has 114 valence electrons. The number of nitrogens with zero attached hydrogens (tertiary/aromatic N) is 1. The van der Waals surface area contributed by atoms with Crippen LogP contribution in [0.4, 0.5) is 5.69 Å². The number of benzene rings is 2. The fraction of sp³-hybridized carbons (Fsp3) is 0. The highest BCUT2D eigenvalue weighted by atomic mass is 35.5. The van der Waals surface area contributed by atoms with E-state index in [4.69, 9.17) is 23.2 Å². The number of fused-ring (bicyclic) bond motifs is 1. The van der Waals surface area contributed by atoms with Gasteiger partial charge < -0.3 is 0 Å². The molecule has 0 radical (unpaired) electrons. The van der Waals surface area contributed by atoms with Crippen LogP contribution in [0.5, 0.6) is 0 Å². The second-order valence-electron chi connectivity index (χ2n) is 4.80. The summed E-state index contributed by atoms with van der Waals surface area (Å²) in [7, 11) is 0. The molecule has 0 bridgehead atoms. The molecule has 1 heterocycles. The first-order valence-electron chi connectivity index (χ1n) is 6.42. The number of hydrogen-bond donors (Lipinski definition) is 0. The average molecular weight is 348 g/mol. The van der Waals surface area contributed by atoms with Gasteiger partial charge in [0.05, 0.1) is 16.8 Å². The van der Waals surface area contributed by atoms with Crippen molar-refractivity contribution in [2.45, 2.75) is 0 Å². The van der Waals surface area contributed by atoms with E-state index in [2.05, 4.69) is 0 Å². The second kappa shape index (κ2) is 5.61. The smallest absolute Gasteiger partial charge is 0.266 e. The van der Waals surface area contributed by atoms with Crippen LogP contribution in [-0.2, 0) is 0 Å². The van der Waals surface area contributed by atoms with Crippen molar-refractivity contribution in [1.29, 1.82) is 0 Å². The number of carbonyl (C=O) groups is 4. The summed E-state index contributed by atoms with van der Waals surface area (Å²) in [4.78, 5) is 48.3. The predicted octanol–water partition coefficient (Wildman–Crippen LogP) is 3.25. The Labute approximate surface area is 140 Å². The molecule has 23 heavy (non-hydrogen) atoms. The normalized spacial score (nSPS) is 13.2. The summed E-state index contributed by atoms with van der Waals surface area (Å²) in [5.74, 6) is -1.14. The van der Waals surface area contributed by atoms with E-state index in [-0.39, 0.29) is 27.9 Å². The number of halogens is 2. The lowest BCUT2D eigenvalue weighted by Gasteiger charge is -2.14. The van der Waals surface area contributed by atoms with Crippen molar-refractivity contribution in [1.82, 2.24) is 0 Å². The van der Waals surface area contributed by atoms with Crippen LogP contribution in [0.3, 0.4) is 0 Å². The molecule has 2 aromatic carbocycles. The van der Waals surface area contributed by atoms with Crippen molar-refractivity contribution in [2.24, 2.45) is 0 Å². The van der Waals surface area contributed by atoms with E-state index < -0.39 is 22.3 Å². The highest BCUT2D eigenvalue weighted by Gasteiger charge is 2.37.